The Kier molecular flexibility index (Phi) is 5.12. The molecular weight excluding hydrogens is 355 g/mol. The molecule has 1 aromatic heterocycles. The number of nitrogens with one attached hydrogen (secondary N) is 2. The second-order valence-corrected chi connectivity index (χ2v) is 5.90. The van der Waals surface area contributed by atoms with E-state index in [1.807, 2.05) is 18.2 Å². The van der Waals surface area contributed by atoms with E-state index in [-0.39, 0.29) is 5.91 Å². The largest absolute Gasteiger partial charge is 0.416 e. The first-order valence-electron chi connectivity index (χ1n) is 8.09. The Morgan fingerprint density at radius 3 is 2.33 bits per heavy atom. The number of aromatic nitrogens is 1. The molecule has 0 saturated carbocycles. The van der Waals surface area contributed by atoms with E-state index in [1.165, 1.54) is 13.0 Å². The molecule has 0 saturated heterocycles. The lowest BCUT2D eigenvalue weighted by Gasteiger charge is -2.11. The van der Waals surface area contributed by atoms with Gasteiger partial charge < -0.3 is 10.6 Å². The third-order valence-corrected chi connectivity index (χ3v) is 3.74. The number of halogens is 3. The molecule has 0 atom stereocenters. The standard InChI is InChI=1S/C20H16F3N3O/c1-13(27)25-17-6-2-4-14(10-17)15-8-9-19(24-12-15)26-18-7-3-5-16(11-18)20(21,22)23/h2-12H,1H3,(H,24,26)(H,25,27). The summed E-state index contributed by atoms with van der Waals surface area (Å²) in [7, 11) is 0. The lowest BCUT2D eigenvalue weighted by Crippen LogP contribution is -2.05. The van der Waals surface area contributed by atoms with Crippen molar-refractivity contribution in [3.63, 3.8) is 0 Å². The van der Waals surface area contributed by atoms with Crippen molar-refractivity contribution >= 4 is 23.1 Å². The number of alkyl halides is 3. The molecule has 1 amide bonds. The van der Waals surface area contributed by atoms with E-state index < -0.39 is 11.7 Å². The lowest BCUT2D eigenvalue weighted by atomic mass is 10.1. The molecule has 0 fully saturated rings. The average molecular weight is 371 g/mol. The van der Waals surface area contributed by atoms with E-state index in [4.69, 9.17) is 0 Å². The molecular formula is C20H16F3N3O. The summed E-state index contributed by atoms with van der Waals surface area (Å²) in [6, 6.07) is 15.7. The fourth-order valence-electron chi connectivity index (χ4n) is 2.54. The zero-order valence-corrected chi connectivity index (χ0v) is 14.3. The van der Waals surface area contributed by atoms with E-state index in [9.17, 15) is 18.0 Å². The van der Waals surface area contributed by atoms with Crippen LogP contribution in [-0.2, 0) is 11.0 Å². The first-order chi connectivity index (χ1) is 12.8. The molecule has 0 radical (unpaired) electrons. The van der Waals surface area contributed by atoms with E-state index >= 15 is 0 Å². The number of rotatable bonds is 4. The summed E-state index contributed by atoms with van der Waals surface area (Å²) in [6.07, 6.45) is -2.78. The van der Waals surface area contributed by atoms with Gasteiger partial charge in [0.2, 0.25) is 5.91 Å². The first kappa shape index (κ1) is 18.4. The van der Waals surface area contributed by atoms with Crippen LogP contribution in [0.2, 0.25) is 0 Å². The Labute approximate surface area is 154 Å². The molecule has 2 N–H and O–H groups in total. The van der Waals surface area contributed by atoms with Crippen LogP contribution in [0.3, 0.4) is 0 Å². The number of amides is 1. The fourth-order valence-corrected chi connectivity index (χ4v) is 2.54. The zero-order valence-electron chi connectivity index (χ0n) is 14.3. The van der Waals surface area contributed by atoms with Crippen molar-refractivity contribution in [1.29, 1.82) is 0 Å². The first-order valence-corrected chi connectivity index (χ1v) is 8.09. The molecule has 138 valence electrons. The number of carbonyl (C=O) groups excluding carboxylic acids is 1. The molecule has 3 aromatic rings. The SMILES string of the molecule is CC(=O)Nc1cccc(-c2ccc(Nc3cccc(C(F)(F)F)c3)nc2)c1. The van der Waals surface area contributed by atoms with E-state index in [0.717, 1.165) is 23.3 Å². The Morgan fingerprint density at radius 2 is 1.67 bits per heavy atom. The second-order valence-electron chi connectivity index (χ2n) is 5.90. The molecule has 0 aliphatic carbocycles. The summed E-state index contributed by atoms with van der Waals surface area (Å²) >= 11 is 0. The van der Waals surface area contributed by atoms with Crippen LogP contribution >= 0.6 is 0 Å². The van der Waals surface area contributed by atoms with Crippen molar-refractivity contribution in [2.24, 2.45) is 0 Å². The van der Waals surface area contributed by atoms with Gasteiger partial charge in [0.05, 0.1) is 5.56 Å². The Bertz CT molecular complexity index is 953. The number of benzene rings is 2. The van der Waals surface area contributed by atoms with Crippen molar-refractivity contribution in [3.8, 4) is 11.1 Å². The highest BCUT2D eigenvalue weighted by atomic mass is 19.4. The number of carbonyl (C=O) groups is 1. The fraction of sp³-hybridized carbons (Fsp3) is 0.100. The minimum absolute atomic E-state index is 0.161. The van der Waals surface area contributed by atoms with Gasteiger partial charge in [0.15, 0.2) is 0 Å². The molecule has 27 heavy (non-hydrogen) atoms. The smallest absolute Gasteiger partial charge is 0.340 e. The van der Waals surface area contributed by atoms with Gasteiger partial charge in [-0.1, -0.05) is 18.2 Å². The van der Waals surface area contributed by atoms with Gasteiger partial charge in [0.1, 0.15) is 5.82 Å². The van der Waals surface area contributed by atoms with Crippen LogP contribution in [0.15, 0.2) is 66.9 Å². The minimum atomic E-state index is -4.39. The second kappa shape index (κ2) is 7.49. The highest BCUT2D eigenvalue weighted by Crippen LogP contribution is 2.31. The van der Waals surface area contributed by atoms with Gasteiger partial charge in [-0.15, -0.1) is 0 Å². The summed E-state index contributed by atoms with van der Waals surface area (Å²) < 4.78 is 38.4. The summed E-state index contributed by atoms with van der Waals surface area (Å²) in [5.41, 5.74) is 1.93. The summed E-state index contributed by atoms with van der Waals surface area (Å²) in [4.78, 5) is 15.4. The van der Waals surface area contributed by atoms with Crippen molar-refractivity contribution in [1.82, 2.24) is 4.98 Å². The minimum Gasteiger partial charge on any atom is -0.340 e. The maximum atomic E-state index is 12.8. The molecule has 1 heterocycles. The van der Waals surface area contributed by atoms with Crippen LogP contribution in [0.5, 0.6) is 0 Å². The number of anilines is 3. The third-order valence-electron chi connectivity index (χ3n) is 3.74. The van der Waals surface area contributed by atoms with Crippen LogP contribution in [-0.4, -0.2) is 10.9 Å². The lowest BCUT2D eigenvalue weighted by molar-refractivity contribution is -0.137. The molecule has 0 spiro atoms. The highest BCUT2D eigenvalue weighted by molar-refractivity contribution is 5.89. The maximum absolute atomic E-state index is 12.8. The molecule has 0 aliphatic heterocycles. The van der Waals surface area contributed by atoms with Gasteiger partial charge >= 0.3 is 6.18 Å². The van der Waals surface area contributed by atoms with Crippen LogP contribution in [0.1, 0.15) is 12.5 Å². The summed E-state index contributed by atoms with van der Waals surface area (Å²) in [5, 5.41) is 5.58. The molecule has 2 aromatic carbocycles. The van der Waals surface area contributed by atoms with Crippen LogP contribution in [0.4, 0.5) is 30.4 Å². The molecule has 4 nitrogen and oxygen atoms in total. The van der Waals surface area contributed by atoms with E-state index in [1.54, 1.807) is 30.5 Å². The van der Waals surface area contributed by atoms with Crippen LogP contribution in [0, 0.1) is 0 Å². The van der Waals surface area contributed by atoms with Gasteiger partial charge in [-0.05, 0) is 48.0 Å². The van der Waals surface area contributed by atoms with E-state index in [2.05, 4.69) is 15.6 Å². The predicted octanol–water partition coefficient (Wildman–Crippen LogP) is 5.47. The van der Waals surface area contributed by atoms with Crippen LogP contribution in [0.25, 0.3) is 11.1 Å². The Morgan fingerprint density at radius 1 is 0.926 bits per heavy atom. The van der Waals surface area contributed by atoms with Crippen molar-refractivity contribution in [2.75, 3.05) is 10.6 Å². The average Bonchev–Trinajstić information content (AvgIpc) is 2.61. The van der Waals surface area contributed by atoms with Crippen molar-refractivity contribution < 1.29 is 18.0 Å². The highest BCUT2D eigenvalue weighted by Gasteiger charge is 2.30. The molecule has 0 unspecified atom stereocenters. The van der Waals surface area contributed by atoms with Gasteiger partial charge in [-0.2, -0.15) is 13.2 Å². The molecule has 3 rings (SSSR count). The van der Waals surface area contributed by atoms with Gasteiger partial charge in [-0.25, -0.2) is 4.98 Å². The Balaban J connectivity index is 1.77. The predicted molar refractivity (Wildman–Crippen MR) is 98.7 cm³/mol. The monoisotopic (exact) mass is 371 g/mol. The van der Waals surface area contributed by atoms with Crippen molar-refractivity contribution in [3.05, 3.63) is 72.4 Å². The van der Waals surface area contributed by atoms with Gasteiger partial charge in [0.25, 0.3) is 0 Å². The molecule has 0 bridgehead atoms. The quantitative estimate of drug-likeness (QED) is 0.639. The topological polar surface area (TPSA) is 54.0 Å². The van der Waals surface area contributed by atoms with Crippen molar-refractivity contribution in [2.45, 2.75) is 13.1 Å². The number of hydrogen-bond acceptors (Lipinski definition) is 3. The number of hydrogen-bond donors (Lipinski definition) is 2. The summed E-state index contributed by atoms with van der Waals surface area (Å²) in [6.45, 7) is 1.43. The molecule has 7 heteroatoms. The maximum Gasteiger partial charge on any atom is 0.416 e. The van der Waals surface area contributed by atoms with Crippen LogP contribution < -0.4 is 10.6 Å². The molecule has 0 aliphatic rings. The van der Waals surface area contributed by atoms with Gasteiger partial charge in [0, 0.05) is 30.1 Å². The van der Waals surface area contributed by atoms with E-state index in [0.29, 0.717) is 17.2 Å². The zero-order chi connectivity index (χ0) is 19.4. The number of pyridine rings is 1. The normalized spacial score (nSPS) is 11.1. The van der Waals surface area contributed by atoms with Gasteiger partial charge in [-0.3, -0.25) is 4.79 Å². The Hall–Kier alpha value is -3.35. The number of nitrogens with zero attached hydrogens (tertiary/aromatic N) is 1. The third kappa shape index (κ3) is 4.84. The summed E-state index contributed by atoms with van der Waals surface area (Å²) in [5.74, 6) is 0.266.